The first kappa shape index (κ1) is 22.8. The van der Waals surface area contributed by atoms with E-state index in [4.69, 9.17) is 9.47 Å². The van der Waals surface area contributed by atoms with Crippen LogP contribution in [0.3, 0.4) is 0 Å². The molecule has 1 aliphatic carbocycles. The lowest BCUT2D eigenvalue weighted by molar-refractivity contribution is -0.137. The molecule has 1 fully saturated rings. The quantitative estimate of drug-likeness (QED) is 0.506. The SMILES string of the molecule is COc1nnc(-c2cccc(OCc3cccc(C(F)(F)F)c3)c2)cc1NS(=O)(=O)C1CC1. The average Bonchev–Trinajstić information content (AvgIpc) is 3.64. The van der Waals surface area contributed by atoms with Gasteiger partial charge in [0, 0.05) is 5.56 Å². The molecule has 0 aliphatic heterocycles. The molecule has 1 heterocycles. The van der Waals surface area contributed by atoms with Gasteiger partial charge in [-0.1, -0.05) is 24.3 Å². The number of aromatic nitrogens is 2. The highest BCUT2D eigenvalue weighted by Gasteiger charge is 2.36. The first-order valence-corrected chi connectivity index (χ1v) is 11.5. The first-order valence-electron chi connectivity index (χ1n) is 9.98. The second-order valence-electron chi connectivity index (χ2n) is 7.51. The Morgan fingerprint density at radius 3 is 2.52 bits per heavy atom. The van der Waals surface area contributed by atoms with E-state index < -0.39 is 27.0 Å². The van der Waals surface area contributed by atoms with Crippen LogP contribution < -0.4 is 14.2 Å². The van der Waals surface area contributed by atoms with E-state index in [-0.39, 0.29) is 18.2 Å². The molecule has 4 rings (SSSR count). The van der Waals surface area contributed by atoms with Gasteiger partial charge < -0.3 is 9.47 Å². The highest BCUT2D eigenvalue weighted by atomic mass is 32.2. The molecular formula is C22H20F3N3O4S. The second kappa shape index (κ2) is 8.89. The van der Waals surface area contributed by atoms with Gasteiger partial charge >= 0.3 is 6.18 Å². The maximum absolute atomic E-state index is 12.9. The lowest BCUT2D eigenvalue weighted by Crippen LogP contribution is -2.18. The molecule has 174 valence electrons. The van der Waals surface area contributed by atoms with Crippen LogP contribution in [0.15, 0.2) is 54.6 Å². The van der Waals surface area contributed by atoms with Crippen LogP contribution in [0, 0.1) is 0 Å². The van der Waals surface area contributed by atoms with Crippen molar-refractivity contribution in [2.75, 3.05) is 11.8 Å². The summed E-state index contributed by atoms with van der Waals surface area (Å²) in [6.45, 7) is -0.0614. The summed E-state index contributed by atoms with van der Waals surface area (Å²) in [7, 11) is -2.17. The van der Waals surface area contributed by atoms with Crippen molar-refractivity contribution in [3.05, 3.63) is 65.7 Å². The van der Waals surface area contributed by atoms with Gasteiger partial charge in [-0.2, -0.15) is 13.2 Å². The summed E-state index contributed by atoms with van der Waals surface area (Å²) in [5.41, 5.74) is 0.750. The number of anilines is 1. The van der Waals surface area contributed by atoms with Crippen LogP contribution in [0.2, 0.25) is 0 Å². The van der Waals surface area contributed by atoms with Crippen LogP contribution in [0.25, 0.3) is 11.3 Å². The summed E-state index contributed by atoms with van der Waals surface area (Å²) in [6.07, 6.45) is -3.22. The minimum atomic E-state index is -4.43. The number of hydrogen-bond acceptors (Lipinski definition) is 6. The number of benzene rings is 2. The van der Waals surface area contributed by atoms with Crippen LogP contribution in [-0.4, -0.2) is 31.0 Å². The number of alkyl halides is 3. The van der Waals surface area contributed by atoms with Gasteiger partial charge in [-0.3, -0.25) is 4.72 Å². The van der Waals surface area contributed by atoms with Crippen molar-refractivity contribution in [2.45, 2.75) is 30.9 Å². The third-order valence-electron chi connectivity index (χ3n) is 4.96. The maximum Gasteiger partial charge on any atom is 0.416 e. The summed E-state index contributed by atoms with van der Waals surface area (Å²) in [5.74, 6) is 0.447. The van der Waals surface area contributed by atoms with Crippen LogP contribution in [0.5, 0.6) is 11.6 Å². The molecule has 1 aliphatic rings. The standard InChI is InChI=1S/C22H20F3N3O4S/c1-31-21-20(28-33(29,30)18-8-9-18)12-19(26-27-21)15-5-3-7-17(11-15)32-13-14-4-2-6-16(10-14)22(23,24)25/h2-7,10-12,18H,8-9,13H2,1H3,(H,26,28). The van der Waals surface area contributed by atoms with E-state index in [0.29, 0.717) is 35.4 Å². The molecule has 0 amide bonds. The van der Waals surface area contributed by atoms with E-state index in [1.807, 2.05) is 0 Å². The highest BCUT2D eigenvalue weighted by molar-refractivity contribution is 7.93. The molecule has 0 spiro atoms. The zero-order valence-corrected chi connectivity index (χ0v) is 18.3. The molecule has 0 atom stereocenters. The Labute approximate surface area is 188 Å². The summed E-state index contributed by atoms with van der Waals surface area (Å²) in [4.78, 5) is 0. The van der Waals surface area contributed by atoms with Gasteiger partial charge in [-0.05, 0) is 48.7 Å². The molecule has 11 heteroatoms. The van der Waals surface area contributed by atoms with E-state index in [9.17, 15) is 21.6 Å². The van der Waals surface area contributed by atoms with Gasteiger partial charge in [0.2, 0.25) is 10.0 Å². The number of sulfonamides is 1. The highest BCUT2D eigenvalue weighted by Crippen LogP contribution is 2.34. The van der Waals surface area contributed by atoms with Crippen molar-refractivity contribution in [3.8, 4) is 22.9 Å². The fraction of sp³-hybridized carbons (Fsp3) is 0.273. The van der Waals surface area contributed by atoms with Gasteiger partial charge in [0.05, 0.1) is 23.6 Å². The Morgan fingerprint density at radius 1 is 1.06 bits per heavy atom. The zero-order chi connectivity index (χ0) is 23.6. The summed E-state index contributed by atoms with van der Waals surface area (Å²) < 4.78 is 76.7. The third-order valence-corrected chi connectivity index (χ3v) is 6.81. The zero-order valence-electron chi connectivity index (χ0n) is 17.5. The number of nitrogens with one attached hydrogen (secondary N) is 1. The minimum Gasteiger partial charge on any atom is -0.489 e. The fourth-order valence-electron chi connectivity index (χ4n) is 3.11. The second-order valence-corrected chi connectivity index (χ2v) is 9.47. The lowest BCUT2D eigenvalue weighted by atomic mass is 10.1. The Morgan fingerprint density at radius 2 is 1.82 bits per heavy atom. The smallest absolute Gasteiger partial charge is 0.416 e. The number of ether oxygens (including phenoxy) is 2. The normalized spacial score (nSPS) is 14.1. The Hall–Kier alpha value is -3.34. The Kier molecular flexibility index (Phi) is 6.15. The molecule has 7 nitrogen and oxygen atoms in total. The largest absolute Gasteiger partial charge is 0.489 e. The predicted molar refractivity (Wildman–Crippen MR) is 115 cm³/mol. The molecule has 0 radical (unpaired) electrons. The van der Waals surface area contributed by atoms with E-state index in [2.05, 4.69) is 14.9 Å². The van der Waals surface area contributed by atoms with Crippen LogP contribution in [0.4, 0.5) is 18.9 Å². The van der Waals surface area contributed by atoms with Crippen molar-refractivity contribution in [1.29, 1.82) is 0 Å². The van der Waals surface area contributed by atoms with Crippen molar-refractivity contribution in [1.82, 2.24) is 10.2 Å². The number of methoxy groups -OCH3 is 1. The summed E-state index contributed by atoms with van der Waals surface area (Å²) in [5, 5.41) is 7.60. The van der Waals surface area contributed by atoms with E-state index in [0.717, 1.165) is 12.1 Å². The summed E-state index contributed by atoms with van der Waals surface area (Å²) in [6, 6.07) is 13.1. The van der Waals surface area contributed by atoms with Crippen molar-refractivity contribution in [3.63, 3.8) is 0 Å². The molecule has 1 N–H and O–H groups in total. The monoisotopic (exact) mass is 479 g/mol. The van der Waals surface area contributed by atoms with Gasteiger partial charge in [0.15, 0.2) is 0 Å². The van der Waals surface area contributed by atoms with Gasteiger partial charge in [-0.25, -0.2) is 8.42 Å². The fourth-order valence-corrected chi connectivity index (χ4v) is 4.49. The molecule has 0 saturated heterocycles. The average molecular weight is 479 g/mol. The van der Waals surface area contributed by atoms with Crippen LogP contribution >= 0.6 is 0 Å². The Balaban J connectivity index is 1.53. The van der Waals surface area contributed by atoms with Gasteiger partial charge in [0.25, 0.3) is 5.88 Å². The van der Waals surface area contributed by atoms with Crippen molar-refractivity contribution < 1.29 is 31.1 Å². The molecule has 33 heavy (non-hydrogen) atoms. The molecule has 0 unspecified atom stereocenters. The maximum atomic E-state index is 12.9. The third kappa shape index (κ3) is 5.54. The predicted octanol–water partition coefficient (Wildman–Crippen LogP) is 4.65. The van der Waals surface area contributed by atoms with Gasteiger partial charge in [0.1, 0.15) is 18.0 Å². The molecule has 1 aromatic heterocycles. The Bertz CT molecular complexity index is 1260. The molecule has 1 saturated carbocycles. The van der Waals surface area contributed by atoms with Crippen LogP contribution in [-0.2, 0) is 22.8 Å². The molecule has 3 aromatic rings. The molecule has 2 aromatic carbocycles. The number of halogens is 3. The number of nitrogens with zero attached hydrogens (tertiary/aromatic N) is 2. The van der Waals surface area contributed by atoms with Crippen molar-refractivity contribution in [2.24, 2.45) is 0 Å². The minimum absolute atomic E-state index is 0.0416. The van der Waals surface area contributed by atoms with E-state index in [1.54, 1.807) is 30.3 Å². The first-order chi connectivity index (χ1) is 15.7. The molecular weight excluding hydrogens is 459 g/mol. The van der Waals surface area contributed by atoms with E-state index in [1.165, 1.54) is 19.2 Å². The summed E-state index contributed by atoms with van der Waals surface area (Å²) >= 11 is 0. The topological polar surface area (TPSA) is 90.4 Å². The number of rotatable bonds is 8. The number of hydrogen-bond donors (Lipinski definition) is 1. The van der Waals surface area contributed by atoms with Gasteiger partial charge in [-0.15, -0.1) is 10.2 Å². The van der Waals surface area contributed by atoms with Crippen molar-refractivity contribution >= 4 is 15.7 Å². The van der Waals surface area contributed by atoms with Crippen LogP contribution in [0.1, 0.15) is 24.0 Å². The molecule has 0 bridgehead atoms. The lowest BCUT2D eigenvalue weighted by Gasteiger charge is -2.12. The van der Waals surface area contributed by atoms with E-state index >= 15 is 0 Å².